The number of methoxy groups -OCH3 is 1. The van der Waals surface area contributed by atoms with Crippen LogP contribution in [-0.2, 0) is 0 Å². The van der Waals surface area contributed by atoms with Crippen molar-refractivity contribution in [3.63, 3.8) is 0 Å². The SMILES string of the molecule is CCCC(CCBr)CNC(=O)c1ccc(OC)cc1F. The molecular formula is C15H21BrFNO2. The fourth-order valence-electron chi connectivity index (χ4n) is 2.05. The lowest BCUT2D eigenvalue weighted by atomic mass is 10.0. The molecule has 3 nitrogen and oxygen atoms in total. The van der Waals surface area contributed by atoms with Gasteiger partial charge in [-0.2, -0.15) is 0 Å². The Bertz CT molecular complexity index is 434. The van der Waals surface area contributed by atoms with E-state index in [0.29, 0.717) is 18.2 Å². The molecule has 1 aromatic rings. The second kappa shape index (κ2) is 8.95. The zero-order valence-corrected chi connectivity index (χ0v) is 13.5. The Hall–Kier alpha value is -1.10. The summed E-state index contributed by atoms with van der Waals surface area (Å²) in [6.07, 6.45) is 3.13. The van der Waals surface area contributed by atoms with Crippen molar-refractivity contribution in [1.29, 1.82) is 0 Å². The quantitative estimate of drug-likeness (QED) is 0.728. The van der Waals surface area contributed by atoms with Crippen LogP contribution in [0.15, 0.2) is 18.2 Å². The summed E-state index contributed by atoms with van der Waals surface area (Å²) in [5.74, 6) is -0.109. The number of halogens is 2. The minimum absolute atomic E-state index is 0.0555. The average molecular weight is 346 g/mol. The lowest BCUT2D eigenvalue weighted by Gasteiger charge is -2.16. The number of alkyl halides is 1. The average Bonchev–Trinajstić information content (AvgIpc) is 2.44. The van der Waals surface area contributed by atoms with Gasteiger partial charge in [-0.25, -0.2) is 4.39 Å². The van der Waals surface area contributed by atoms with Gasteiger partial charge in [0.2, 0.25) is 0 Å². The van der Waals surface area contributed by atoms with E-state index in [1.165, 1.54) is 19.2 Å². The van der Waals surface area contributed by atoms with Gasteiger partial charge >= 0.3 is 0 Å². The van der Waals surface area contributed by atoms with Crippen molar-refractivity contribution in [3.8, 4) is 5.75 Å². The van der Waals surface area contributed by atoms with Crippen LogP contribution in [0.3, 0.4) is 0 Å². The molecule has 1 N–H and O–H groups in total. The highest BCUT2D eigenvalue weighted by molar-refractivity contribution is 9.09. The van der Waals surface area contributed by atoms with Crippen LogP contribution < -0.4 is 10.1 Å². The van der Waals surface area contributed by atoms with Crippen molar-refractivity contribution in [2.24, 2.45) is 5.92 Å². The highest BCUT2D eigenvalue weighted by atomic mass is 79.9. The van der Waals surface area contributed by atoms with Gasteiger partial charge in [-0.1, -0.05) is 29.3 Å². The van der Waals surface area contributed by atoms with Gasteiger partial charge in [-0.05, 0) is 30.9 Å². The molecule has 0 saturated carbocycles. The van der Waals surface area contributed by atoms with Crippen LogP contribution in [0.1, 0.15) is 36.5 Å². The number of hydrogen-bond acceptors (Lipinski definition) is 2. The lowest BCUT2D eigenvalue weighted by Crippen LogP contribution is -2.30. The lowest BCUT2D eigenvalue weighted by molar-refractivity contribution is 0.0942. The third-order valence-corrected chi connectivity index (χ3v) is 3.64. The Kier molecular flexibility index (Phi) is 7.59. The summed E-state index contributed by atoms with van der Waals surface area (Å²) >= 11 is 3.41. The van der Waals surface area contributed by atoms with Crippen molar-refractivity contribution in [3.05, 3.63) is 29.6 Å². The van der Waals surface area contributed by atoms with E-state index in [-0.39, 0.29) is 11.5 Å². The Labute approximate surface area is 128 Å². The number of carbonyl (C=O) groups is 1. The smallest absolute Gasteiger partial charge is 0.254 e. The molecule has 0 aliphatic carbocycles. The summed E-state index contributed by atoms with van der Waals surface area (Å²) < 4.78 is 18.7. The zero-order valence-electron chi connectivity index (χ0n) is 11.9. The number of carbonyl (C=O) groups excluding carboxylic acids is 1. The molecule has 1 atom stereocenters. The van der Waals surface area contributed by atoms with E-state index in [9.17, 15) is 9.18 Å². The van der Waals surface area contributed by atoms with Crippen molar-refractivity contribution in [1.82, 2.24) is 5.32 Å². The van der Waals surface area contributed by atoms with Gasteiger partial charge < -0.3 is 10.1 Å². The molecule has 1 amide bonds. The molecule has 0 saturated heterocycles. The summed E-state index contributed by atoms with van der Waals surface area (Å²) in [5, 5.41) is 3.71. The van der Waals surface area contributed by atoms with Crippen LogP contribution in [0.25, 0.3) is 0 Å². The summed E-state index contributed by atoms with van der Waals surface area (Å²) in [6, 6.07) is 4.25. The molecule has 5 heteroatoms. The van der Waals surface area contributed by atoms with E-state index in [1.54, 1.807) is 6.07 Å². The molecule has 0 fully saturated rings. The van der Waals surface area contributed by atoms with Crippen LogP contribution in [-0.4, -0.2) is 24.9 Å². The molecule has 1 aromatic carbocycles. The number of hydrogen-bond donors (Lipinski definition) is 1. The molecular weight excluding hydrogens is 325 g/mol. The predicted octanol–water partition coefficient (Wildman–Crippen LogP) is 3.77. The van der Waals surface area contributed by atoms with Crippen LogP contribution in [0, 0.1) is 11.7 Å². The van der Waals surface area contributed by atoms with E-state index in [4.69, 9.17) is 4.74 Å². The zero-order chi connectivity index (χ0) is 15.0. The van der Waals surface area contributed by atoms with Gasteiger partial charge in [-0.3, -0.25) is 4.79 Å². The Morgan fingerprint density at radius 3 is 2.75 bits per heavy atom. The maximum absolute atomic E-state index is 13.8. The van der Waals surface area contributed by atoms with Gasteiger partial charge in [0, 0.05) is 17.9 Å². The predicted molar refractivity (Wildman–Crippen MR) is 82.1 cm³/mol. The standard InChI is InChI=1S/C15H21BrFNO2/c1-3-4-11(7-8-16)10-18-15(19)13-6-5-12(20-2)9-14(13)17/h5-6,9,11H,3-4,7-8,10H2,1-2H3,(H,18,19). The van der Waals surface area contributed by atoms with Crippen LogP contribution in [0.5, 0.6) is 5.75 Å². The first-order chi connectivity index (χ1) is 9.62. The van der Waals surface area contributed by atoms with Crippen LogP contribution in [0.4, 0.5) is 4.39 Å². The fraction of sp³-hybridized carbons (Fsp3) is 0.533. The Balaban J connectivity index is 2.61. The van der Waals surface area contributed by atoms with E-state index < -0.39 is 5.82 Å². The van der Waals surface area contributed by atoms with E-state index in [0.717, 1.165) is 24.6 Å². The summed E-state index contributed by atoms with van der Waals surface area (Å²) in [4.78, 5) is 12.0. The molecule has 1 rings (SSSR count). The van der Waals surface area contributed by atoms with E-state index in [1.807, 2.05) is 0 Å². The van der Waals surface area contributed by atoms with Crippen LogP contribution in [0.2, 0.25) is 0 Å². The first-order valence-corrected chi connectivity index (χ1v) is 7.92. The molecule has 0 heterocycles. The number of benzene rings is 1. The van der Waals surface area contributed by atoms with Gasteiger partial charge in [0.1, 0.15) is 11.6 Å². The normalized spacial score (nSPS) is 12.0. The molecule has 0 aromatic heterocycles. The topological polar surface area (TPSA) is 38.3 Å². The first-order valence-electron chi connectivity index (χ1n) is 6.80. The largest absolute Gasteiger partial charge is 0.497 e. The maximum atomic E-state index is 13.8. The minimum atomic E-state index is -0.561. The maximum Gasteiger partial charge on any atom is 0.254 e. The van der Waals surface area contributed by atoms with Crippen LogP contribution >= 0.6 is 15.9 Å². The third kappa shape index (κ3) is 5.12. The van der Waals surface area contributed by atoms with E-state index >= 15 is 0 Å². The van der Waals surface area contributed by atoms with Gasteiger partial charge in [0.15, 0.2) is 0 Å². The van der Waals surface area contributed by atoms with E-state index in [2.05, 4.69) is 28.2 Å². The number of nitrogens with one attached hydrogen (secondary N) is 1. The van der Waals surface area contributed by atoms with Crippen molar-refractivity contribution in [2.75, 3.05) is 19.0 Å². The monoisotopic (exact) mass is 345 g/mol. The number of rotatable bonds is 8. The summed E-state index contributed by atoms with van der Waals surface area (Å²) in [7, 11) is 1.46. The second-order valence-corrected chi connectivity index (χ2v) is 5.48. The molecule has 0 aliphatic rings. The summed E-state index contributed by atoms with van der Waals surface area (Å²) in [6.45, 7) is 2.69. The molecule has 0 spiro atoms. The molecule has 20 heavy (non-hydrogen) atoms. The molecule has 1 unspecified atom stereocenters. The Morgan fingerprint density at radius 2 is 2.20 bits per heavy atom. The highest BCUT2D eigenvalue weighted by Crippen LogP contribution is 2.17. The number of ether oxygens (including phenoxy) is 1. The molecule has 0 bridgehead atoms. The molecule has 0 aliphatic heterocycles. The van der Waals surface area contributed by atoms with Crippen molar-refractivity contribution in [2.45, 2.75) is 26.2 Å². The fourth-order valence-corrected chi connectivity index (χ4v) is 2.70. The van der Waals surface area contributed by atoms with Crippen molar-refractivity contribution < 1.29 is 13.9 Å². The van der Waals surface area contributed by atoms with Crippen molar-refractivity contribution >= 4 is 21.8 Å². The number of amides is 1. The van der Waals surface area contributed by atoms with Gasteiger partial charge in [0.05, 0.1) is 12.7 Å². The Morgan fingerprint density at radius 1 is 1.45 bits per heavy atom. The third-order valence-electron chi connectivity index (χ3n) is 3.19. The first kappa shape index (κ1) is 17.0. The second-order valence-electron chi connectivity index (χ2n) is 4.69. The molecule has 112 valence electrons. The highest BCUT2D eigenvalue weighted by Gasteiger charge is 2.14. The molecule has 0 radical (unpaired) electrons. The minimum Gasteiger partial charge on any atom is -0.497 e. The summed E-state index contributed by atoms with van der Waals surface area (Å²) in [5.41, 5.74) is 0.0555. The van der Waals surface area contributed by atoms with Gasteiger partial charge in [-0.15, -0.1) is 0 Å². The van der Waals surface area contributed by atoms with Gasteiger partial charge in [0.25, 0.3) is 5.91 Å².